The second-order valence-corrected chi connectivity index (χ2v) is 4.79. The van der Waals surface area contributed by atoms with E-state index < -0.39 is 5.97 Å². The van der Waals surface area contributed by atoms with Crippen LogP contribution in [0.15, 0.2) is 18.3 Å². The Morgan fingerprint density at radius 2 is 2.20 bits per heavy atom. The highest BCUT2D eigenvalue weighted by Crippen LogP contribution is 2.64. The minimum Gasteiger partial charge on any atom is -0.481 e. The Labute approximate surface area is 89.2 Å². The van der Waals surface area contributed by atoms with Crippen molar-refractivity contribution in [1.29, 1.82) is 0 Å². The topological polar surface area (TPSA) is 50.2 Å². The molecule has 1 saturated carbocycles. The molecule has 0 aromatic carbocycles. The summed E-state index contributed by atoms with van der Waals surface area (Å²) in [5.41, 5.74) is 1.88. The van der Waals surface area contributed by atoms with Crippen LogP contribution in [-0.4, -0.2) is 16.1 Å². The SMILES string of the molecule is Cc1ncccc1[C@H]1[C@H](C(=O)O)C1(C)C. The van der Waals surface area contributed by atoms with E-state index in [4.69, 9.17) is 5.11 Å². The maximum absolute atomic E-state index is 11.1. The lowest BCUT2D eigenvalue weighted by Crippen LogP contribution is -2.03. The van der Waals surface area contributed by atoms with Gasteiger partial charge in [-0.2, -0.15) is 0 Å². The van der Waals surface area contributed by atoms with Crippen molar-refractivity contribution >= 4 is 5.97 Å². The van der Waals surface area contributed by atoms with Gasteiger partial charge in [-0.1, -0.05) is 19.9 Å². The van der Waals surface area contributed by atoms with Crippen molar-refractivity contribution in [2.45, 2.75) is 26.7 Å². The molecule has 0 saturated heterocycles. The Bertz CT molecular complexity index is 412. The van der Waals surface area contributed by atoms with Gasteiger partial charge in [-0.05, 0) is 24.0 Å². The van der Waals surface area contributed by atoms with Crippen LogP contribution in [0, 0.1) is 18.3 Å². The third-order valence-corrected chi connectivity index (χ3v) is 3.48. The van der Waals surface area contributed by atoms with Crippen LogP contribution in [0.3, 0.4) is 0 Å². The van der Waals surface area contributed by atoms with Gasteiger partial charge in [0, 0.05) is 17.8 Å². The van der Waals surface area contributed by atoms with Crippen LogP contribution in [-0.2, 0) is 4.79 Å². The van der Waals surface area contributed by atoms with E-state index in [0.29, 0.717) is 0 Å². The number of aliphatic carboxylic acids is 1. The van der Waals surface area contributed by atoms with Crippen molar-refractivity contribution in [3.63, 3.8) is 0 Å². The Balaban J connectivity index is 2.36. The van der Waals surface area contributed by atoms with Crippen molar-refractivity contribution in [2.24, 2.45) is 11.3 Å². The van der Waals surface area contributed by atoms with E-state index in [1.165, 1.54) is 0 Å². The van der Waals surface area contributed by atoms with Crippen LogP contribution in [0.1, 0.15) is 31.0 Å². The van der Waals surface area contributed by atoms with Gasteiger partial charge in [0.05, 0.1) is 5.92 Å². The number of pyridine rings is 1. The van der Waals surface area contributed by atoms with E-state index in [1.807, 2.05) is 32.9 Å². The van der Waals surface area contributed by atoms with Gasteiger partial charge >= 0.3 is 5.97 Å². The number of hydrogen-bond acceptors (Lipinski definition) is 2. The lowest BCUT2D eigenvalue weighted by atomic mass is 10.0. The van der Waals surface area contributed by atoms with Crippen molar-refractivity contribution in [1.82, 2.24) is 4.98 Å². The molecular formula is C12H15NO2. The monoisotopic (exact) mass is 205 g/mol. The van der Waals surface area contributed by atoms with Crippen molar-refractivity contribution in [3.05, 3.63) is 29.6 Å². The Morgan fingerprint density at radius 3 is 2.67 bits per heavy atom. The van der Waals surface area contributed by atoms with E-state index in [-0.39, 0.29) is 17.3 Å². The molecule has 1 aromatic rings. The van der Waals surface area contributed by atoms with Gasteiger partial charge in [0.1, 0.15) is 0 Å². The summed E-state index contributed by atoms with van der Waals surface area (Å²) in [6.45, 7) is 5.94. The van der Waals surface area contributed by atoms with Crippen LogP contribution in [0.25, 0.3) is 0 Å². The first-order valence-electron chi connectivity index (χ1n) is 5.10. The van der Waals surface area contributed by atoms with E-state index in [9.17, 15) is 4.79 Å². The second-order valence-electron chi connectivity index (χ2n) is 4.79. The predicted molar refractivity (Wildman–Crippen MR) is 56.6 cm³/mol. The van der Waals surface area contributed by atoms with Gasteiger partial charge in [-0.3, -0.25) is 9.78 Å². The molecule has 0 spiro atoms. The molecule has 0 unspecified atom stereocenters. The maximum Gasteiger partial charge on any atom is 0.307 e. The minimum absolute atomic E-state index is 0.115. The van der Waals surface area contributed by atoms with Gasteiger partial charge in [0.25, 0.3) is 0 Å². The third kappa shape index (κ3) is 1.42. The van der Waals surface area contributed by atoms with Crippen molar-refractivity contribution in [2.75, 3.05) is 0 Å². The summed E-state index contributed by atoms with van der Waals surface area (Å²) in [6, 6.07) is 3.85. The van der Waals surface area contributed by atoms with Crippen LogP contribution in [0.4, 0.5) is 0 Å². The largest absolute Gasteiger partial charge is 0.481 e. The molecule has 0 bridgehead atoms. The van der Waals surface area contributed by atoms with Crippen LogP contribution < -0.4 is 0 Å². The molecule has 1 heterocycles. The lowest BCUT2D eigenvalue weighted by molar-refractivity contribution is -0.139. The fourth-order valence-electron chi connectivity index (χ4n) is 2.50. The van der Waals surface area contributed by atoms with Gasteiger partial charge in [-0.25, -0.2) is 0 Å². The zero-order valence-electron chi connectivity index (χ0n) is 9.19. The Kier molecular flexibility index (Phi) is 2.07. The maximum atomic E-state index is 11.1. The highest BCUT2D eigenvalue weighted by Gasteiger charge is 2.63. The second kappa shape index (κ2) is 3.05. The van der Waals surface area contributed by atoms with E-state index in [2.05, 4.69) is 4.98 Å². The summed E-state index contributed by atoms with van der Waals surface area (Å²) in [6.07, 6.45) is 1.74. The van der Waals surface area contributed by atoms with E-state index >= 15 is 0 Å². The van der Waals surface area contributed by atoms with Crippen LogP contribution in [0.5, 0.6) is 0 Å². The van der Waals surface area contributed by atoms with Crippen LogP contribution >= 0.6 is 0 Å². The summed E-state index contributed by atoms with van der Waals surface area (Å²) in [5, 5.41) is 9.09. The molecule has 0 amide bonds. The van der Waals surface area contributed by atoms with Gasteiger partial charge in [-0.15, -0.1) is 0 Å². The number of aromatic nitrogens is 1. The first-order chi connectivity index (χ1) is 6.96. The molecular weight excluding hydrogens is 190 g/mol. The third-order valence-electron chi connectivity index (χ3n) is 3.48. The number of carboxylic acid groups (broad SMARTS) is 1. The Morgan fingerprint density at radius 1 is 1.53 bits per heavy atom. The first kappa shape index (κ1) is 10.1. The molecule has 3 nitrogen and oxygen atoms in total. The number of nitrogens with zero attached hydrogens (tertiary/aromatic N) is 1. The fraction of sp³-hybridized carbons (Fsp3) is 0.500. The molecule has 15 heavy (non-hydrogen) atoms. The molecule has 2 atom stereocenters. The van der Waals surface area contributed by atoms with Crippen molar-refractivity contribution < 1.29 is 9.90 Å². The fourth-order valence-corrected chi connectivity index (χ4v) is 2.50. The summed E-state index contributed by atoms with van der Waals surface area (Å²) in [4.78, 5) is 15.3. The molecule has 1 aromatic heterocycles. The summed E-state index contributed by atoms with van der Waals surface area (Å²) in [5.74, 6) is -0.850. The lowest BCUT2D eigenvalue weighted by Gasteiger charge is -2.04. The Hall–Kier alpha value is -1.38. The summed E-state index contributed by atoms with van der Waals surface area (Å²) >= 11 is 0. The molecule has 1 aliphatic rings. The molecule has 80 valence electrons. The molecule has 0 aliphatic heterocycles. The standard InChI is InChI=1S/C12H15NO2/c1-7-8(5-4-6-13-7)9-10(11(14)15)12(9,2)3/h4-6,9-10H,1-3H3,(H,14,15)/t9-,10+/m0/s1. The van der Waals surface area contributed by atoms with E-state index in [1.54, 1.807) is 6.20 Å². The van der Waals surface area contributed by atoms with Crippen LogP contribution in [0.2, 0.25) is 0 Å². The minimum atomic E-state index is -0.701. The van der Waals surface area contributed by atoms with Gasteiger partial charge in [0.2, 0.25) is 0 Å². The predicted octanol–water partition coefficient (Wildman–Crippen LogP) is 2.21. The summed E-state index contributed by atoms with van der Waals surface area (Å²) in [7, 11) is 0. The van der Waals surface area contributed by atoms with E-state index in [0.717, 1.165) is 11.3 Å². The number of carboxylic acids is 1. The normalized spacial score (nSPS) is 27.4. The zero-order chi connectivity index (χ0) is 11.2. The van der Waals surface area contributed by atoms with Crippen molar-refractivity contribution in [3.8, 4) is 0 Å². The number of carbonyl (C=O) groups is 1. The average molecular weight is 205 g/mol. The molecule has 1 N–H and O–H groups in total. The number of rotatable bonds is 2. The molecule has 3 heteroatoms. The van der Waals surface area contributed by atoms with Gasteiger partial charge in [0.15, 0.2) is 0 Å². The quantitative estimate of drug-likeness (QED) is 0.805. The highest BCUT2D eigenvalue weighted by atomic mass is 16.4. The summed E-state index contributed by atoms with van der Waals surface area (Å²) < 4.78 is 0. The van der Waals surface area contributed by atoms with Gasteiger partial charge < -0.3 is 5.11 Å². The highest BCUT2D eigenvalue weighted by molar-refractivity contribution is 5.77. The molecule has 1 fully saturated rings. The number of aryl methyl sites for hydroxylation is 1. The molecule has 0 radical (unpaired) electrons. The molecule has 2 rings (SSSR count). The average Bonchev–Trinajstić information content (AvgIpc) is 2.70. The first-order valence-corrected chi connectivity index (χ1v) is 5.10. The zero-order valence-corrected chi connectivity index (χ0v) is 9.19. The smallest absolute Gasteiger partial charge is 0.307 e. The number of hydrogen-bond donors (Lipinski definition) is 1. The molecule has 1 aliphatic carbocycles.